The number of aliphatic carboxylic acids is 1. The lowest BCUT2D eigenvalue weighted by molar-refractivity contribution is -0.313. The number of thiazole rings is 1. The van der Waals surface area contributed by atoms with Crippen molar-refractivity contribution in [2.45, 2.75) is 13.3 Å². The standard InChI is InChI=1S/C17H16N2O3S/c1-8-2-5-11-12(6-8)23-17(18-11)19-15(20)13-9-3-4-10(7-9)14(13)16(21)22/h2-6,9-10,13-14H,7H2,1H3,(H,21,22)(H,18,19,20)/p-1/t9-,10+,13-,14+/m1/s1. The monoisotopic (exact) mass is 327 g/mol. The number of aryl methyl sites for hydroxylation is 1. The van der Waals surface area contributed by atoms with Gasteiger partial charge >= 0.3 is 0 Å². The molecule has 0 aliphatic heterocycles. The number of amides is 1. The Morgan fingerprint density at radius 1 is 1.26 bits per heavy atom. The molecule has 1 aromatic heterocycles. The number of hydrogen-bond donors (Lipinski definition) is 1. The van der Waals surface area contributed by atoms with E-state index in [1.165, 1.54) is 11.3 Å². The van der Waals surface area contributed by atoms with E-state index < -0.39 is 17.8 Å². The number of benzene rings is 1. The van der Waals surface area contributed by atoms with Crippen molar-refractivity contribution in [2.24, 2.45) is 23.7 Å². The second-order valence-electron chi connectivity index (χ2n) is 6.30. The van der Waals surface area contributed by atoms with Crippen LogP contribution in [0.5, 0.6) is 0 Å². The molecule has 2 aromatic rings. The topological polar surface area (TPSA) is 82.1 Å². The fraction of sp³-hybridized carbons (Fsp3) is 0.353. The maximum atomic E-state index is 12.6. The minimum Gasteiger partial charge on any atom is -0.550 e. The number of carbonyl (C=O) groups excluding carboxylic acids is 2. The Bertz CT molecular complexity index is 841. The quantitative estimate of drug-likeness (QED) is 0.871. The van der Waals surface area contributed by atoms with E-state index in [0.717, 1.165) is 22.2 Å². The number of aromatic nitrogens is 1. The Hall–Kier alpha value is -2.21. The van der Waals surface area contributed by atoms with Crippen molar-refractivity contribution < 1.29 is 14.7 Å². The summed E-state index contributed by atoms with van der Waals surface area (Å²) in [7, 11) is 0. The molecule has 0 unspecified atom stereocenters. The van der Waals surface area contributed by atoms with Crippen LogP contribution in [0.4, 0.5) is 5.13 Å². The van der Waals surface area contributed by atoms with Gasteiger partial charge in [0.2, 0.25) is 5.91 Å². The maximum Gasteiger partial charge on any atom is 0.230 e. The van der Waals surface area contributed by atoms with Crippen LogP contribution in [-0.2, 0) is 9.59 Å². The molecule has 1 fully saturated rings. The lowest BCUT2D eigenvalue weighted by Gasteiger charge is -2.27. The lowest BCUT2D eigenvalue weighted by atomic mass is 9.82. The summed E-state index contributed by atoms with van der Waals surface area (Å²) in [4.78, 5) is 28.4. The summed E-state index contributed by atoms with van der Waals surface area (Å²) in [5.74, 6) is -2.81. The lowest BCUT2D eigenvalue weighted by Crippen LogP contribution is -2.42. The number of rotatable bonds is 3. The molecular formula is C17H15N2O3S-. The zero-order chi connectivity index (χ0) is 16.1. The molecule has 4 atom stereocenters. The van der Waals surface area contributed by atoms with E-state index in [9.17, 15) is 14.7 Å². The molecule has 6 heteroatoms. The first kappa shape index (κ1) is 14.4. The SMILES string of the molecule is Cc1ccc2nc(NC(=O)[C@H]3[C@@H](C(=O)[O-])[C@H]4C=C[C@@H]3C4)sc2c1. The number of anilines is 1. The summed E-state index contributed by atoms with van der Waals surface area (Å²) in [5, 5.41) is 14.7. The minimum absolute atomic E-state index is 0.0143. The van der Waals surface area contributed by atoms with Gasteiger partial charge in [-0.2, -0.15) is 0 Å². The molecule has 23 heavy (non-hydrogen) atoms. The van der Waals surface area contributed by atoms with Gasteiger partial charge in [0.1, 0.15) is 0 Å². The normalized spacial score (nSPS) is 28.4. The van der Waals surface area contributed by atoms with E-state index >= 15 is 0 Å². The fourth-order valence-corrected chi connectivity index (χ4v) is 4.74. The molecule has 1 saturated carbocycles. The molecule has 0 saturated heterocycles. The van der Waals surface area contributed by atoms with E-state index in [2.05, 4.69) is 10.3 Å². The predicted molar refractivity (Wildman–Crippen MR) is 85.7 cm³/mol. The minimum atomic E-state index is -1.14. The molecule has 4 rings (SSSR count). The van der Waals surface area contributed by atoms with Gasteiger partial charge in [-0.15, -0.1) is 0 Å². The molecular weight excluding hydrogens is 312 g/mol. The van der Waals surface area contributed by atoms with E-state index in [1.807, 2.05) is 37.3 Å². The fourth-order valence-electron chi connectivity index (χ4n) is 3.78. The third-order valence-corrected chi connectivity index (χ3v) is 5.74. The van der Waals surface area contributed by atoms with Crippen molar-refractivity contribution in [1.82, 2.24) is 4.98 Å². The summed E-state index contributed by atoms with van der Waals surface area (Å²) in [5.41, 5.74) is 1.97. The van der Waals surface area contributed by atoms with Gasteiger partial charge in [0, 0.05) is 11.9 Å². The Morgan fingerprint density at radius 2 is 2.00 bits per heavy atom. The largest absolute Gasteiger partial charge is 0.550 e. The Kier molecular flexibility index (Phi) is 3.23. The third-order valence-electron chi connectivity index (χ3n) is 4.81. The number of nitrogens with one attached hydrogen (secondary N) is 1. The molecule has 5 nitrogen and oxygen atoms in total. The highest BCUT2D eigenvalue weighted by atomic mass is 32.1. The highest BCUT2D eigenvalue weighted by molar-refractivity contribution is 7.22. The van der Waals surface area contributed by atoms with Gasteiger partial charge in [-0.25, -0.2) is 4.98 Å². The van der Waals surface area contributed by atoms with Crippen molar-refractivity contribution in [3.05, 3.63) is 35.9 Å². The summed E-state index contributed by atoms with van der Waals surface area (Å²) in [6, 6.07) is 5.91. The number of allylic oxidation sites excluding steroid dienone is 2. The Labute approximate surface area is 137 Å². The van der Waals surface area contributed by atoms with Gasteiger partial charge in [-0.05, 0) is 42.9 Å². The Morgan fingerprint density at radius 3 is 2.74 bits per heavy atom. The van der Waals surface area contributed by atoms with Gasteiger partial charge in [0.05, 0.1) is 16.1 Å². The zero-order valence-corrected chi connectivity index (χ0v) is 13.3. The van der Waals surface area contributed by atoms with Gasteiger partial charge in [0.25, 0.3) is 0 Å². The van der Waals surface area contributed by atoms with Crippen LogP contribution in [0.2, 0.25) is 0 Å². The first-order chi connectivity index (χ1) is 11.0. The van der Waals surface area contributed by atoms with Crippen LogP contribution >= 0.6 is 11.3 Å². The molecule has 1 N–H and O–H groups in total. The molecule has 2 bridgehead atoms. The molecule has 118 valence electrons. The van der Waals surface area contributed by atoms with E-state index in [-0.39, 0.29) is 17.7 Å². The van der Waals surface area contributed by atoms with E-state index in [0.29, 0.717) is 5.13 Å². The highest BCUT2D eigenvalue weighted by Crippen LogP contribution is 2.48. The van der Waals surface area contributed by atoms with E-state index in [4.69, 9.17) is 0 Å². The van der Waals surface area contributed by atoms with Crippen molar-refractivity contribution in [2.75, 3.05) is 5.32 Å². The predicted octanol–water partition coefficient (Wildman–Crippen LogP) is 1.73. The van der Waals surface area contributed by atoms with Gasteiger partial charge < -0.3 is 15.2 Å². The van der Waals surface area contributed by atoms with Crippen LogP contribution in [-0.4, -0.2) is 16.9 Å². The summed E-state index contributed by atoms with van der Waals surface area (Å²) >= 11 is 1.40. The number of carbonyl (C=O) groups is 2. The van der Waals surface area contributed by atoms with Crippen molar-refractivity contribution in [3.8, 4) is 0 Å². The van der Waals surface area contributed by atoms with Crippen LogP contribution in [0, 0.1) is 30.6 Å². The third kappa shape index (κ3) is 2.34. The maximum absolute atomic E-state index is 12.6. The number of carboxylic acids is 1. The summed E-state index contributed by atoms with van der Waals surface area (Å²) in [6.45, 7) is 2.00. The van der Waals surface area contributed by atoms with Gasteiger partial charge in [0.15, 0.2) is 5.13 Å². The molecule has 0 radical (unpaired) electrons. The van der Waals surface area contributed by atoms with Gasteiger partial charge in [-0.3, -0.25) is 4.79 Å². The zero-order valence-electron chi connectivity index (χ0n) is 12.5. The number of carboxylic acid groups (broad SMARTS) is 1. The van der Waals surface area contributed by atoms with Crippen LogP contribution in [0.1, 0.15) is 12.0 Å². The molecule has 2 aliphatic rings. The number of hydrogen-bond acceptors (Lipinski definition) is 5. The first-order valence-corrected chi connectivity index (χ1v) is 8.42. The smallest absolute Gasteiger partial charge is 0.230 e. The first-order valence-electron chi connectivity index (χ1n) is 7.60. The van der Waals surface area contributed by atoms with Crippen molar-refractivity contribution in [3.63, 3.8) is 0 Å². The molecule has 1 aromatic carbocycles. The Balaban J connectivity index is 1.59. The summed E-state index contributed by atoms with van der Waals surface area (Å²) in [6.07, 6.45) is 4.57. The summed E-state index contributed by atoms with van der Waals surface area (Å²) < 4.78 is 1.00. The van der Waals surface area contributed by atoms with Crippen LogP contribution in [0.3, 0.4) is 0 Å². The van der Waals surface area contributed by atoms with Crippen LogP contribution in [0.15, 0.2) is 30.4 Å². The van der Waals surface area contributed by atoms with Crippen LogP contribution in [0.25, 0.3) is 10.2 Å². The molecule has 1 heterocycles. The van der Waals surface area contributed by atoms with Crippen molar-refractivity contribution >= 4 is 38.6 Å². The molecule has 1 amide bonds. The molecule has 0 spiro atoms. The van der Waals surface area contributed by atoms with Crippen LogP contribution < -0.4 is 10.4 Å². The molecule has 2 aliphatic carbocycles. The second-order valence-corrected chi connectivity index (χ2v) is 7.33. The average molecular weight is 327 g/mol. The van der Waals surface area contributed by atoms with E-state index in [1.54, 1.807) is 0 Å². The highest BCUT2D eigenvalue weighted by Gasteiger charge is 2.48. The number of fused-ring (bicyclic) bond motifs is 3. The number of nitrogens with zero attached hydrogens (tertiary/aromatic N) is 1. The second kappa shape index (κ2) is 5.16. The van der Waals surface area contributed by atoms with Gasteiger partial charge in [-0.1, -0.05) is 29.6 Å². The average Bonchev–Trinajstić information content (AvgIpc) is 3.18. The van der Waals surface area contributed by atoms with Crippen molar-refractivity contribution in [1.29, 1.82) is 0 Å².